The molecule has 2 nitrogen and oxygen atoms in total. The van der Waals surface area contributed by atoms with Gasteiger partial charge in [0.05, 0.1) is 6.61 Å². The van der Waals surface area contributed by atoms with Crippen molar-refractivity contribution in [3.05, 3.63) is 12.2 Å². The van der Waals surface area contributed by atoms with Crippen molar-refractivity contribution in [1.82, 2.24) is 0 Å². The summed E-state index contributed by atoms with van der Waals surface area (Å²) >= 11 is 2.17. The van der Waals surface area contributed by atoms with E-state index in [1.165, 1.54) is 6.08 Å². The summed E-state index contributed by atoms with van der Waals surface area (Å²) in [5, 5.41) is 0. The van der Waals surface area contributed by atoms with Gasteiger partial charge in [0.15, 0.2) is 0 Å². The van der Waals surface area contributed by atoms with Crippen LogP contribution in [0.5, 0.6) is 0 Å². The Morgan fingerprint density at radius 2 is 2.36 bits per heavy atom. The maximum atomic E-state index is 10.8. The van der Waals surface area contributed by atoms with Crippen molar-refractivity contribution in [3.63, 3.8) is 0 Å². The Balaban J connectivity index is 3.30. The van der Waals surface area contributed by atoms with Crippen LogP contribution in [-0.4, -0.2) is 17.0 Å². The Kier molecular flexibility index (Phi) is 8.00. The number of ether oxygens (including phenoxy) is 1. The summed E-state index contributed by atoms with van der Waals surface area (Å²) in [6.45, 7) is 2.61. The zero-order valence-electron chi connectivity index (χ0n) is 6.68. The van der Waals surface area contributed by atoms with Gasteiger partial charge in [-0.2, -0.15) is 0 Å². The van der Waals surface area contributed by atoms with Crippen LogP contribution in [0.4, 0.5) is 0 Å². The summed E-state index contributed by atoms with van der Waals surface area (Å²) in [5.74, 6) is -0.227. The lowest BCUT2D eigenvalue weighted by molar-refractivity contribution is -0.137. The minimum absolute atomic E-state index is 0.227. The predicted molar refractivity (Wildman–Crippen MR) is 53.9 cm³/mol. The first kappa shape index (κ1) is 10.9. The van der Waals surface area contributed by atoms with E-state index in [9.17, 15) is 4.79 Å². The molecular formula is C8H13IO2. The van der Waals surface area contributed by atoms with Crippen LogP contribution in [0.1, 0.15) is 19.8 Å². The van der Waals surface area contributed by atoms with Gasteiger partial charge in [-0.1, -0.05) is 42.0 Å². The number of unbranched alkanes of at least 4 members (excludes halogenated alkanes) is 1. The third-order valence-corrected chi connectivity index (χ3v) is 1.59. The summed E-state index contributed by atoms with van der Waals surface area (Å²) in [5.41, 5.74) is 0. The average molecular weight is 268 g/mol. The molecule has 0 bridgehead atoms. The third kappa shape index (κ3) is 7.84. The molecule has 0 saturated heterocycles. The van der Waals surface area contributed by atoms with Crippen LogP contribution in [-0.2, 0) is 9.53 Å². The Morgan fingerprint density at radius 3 is 2.91 bits per heavy atom. The van der Waals surface area contributed by atoms with Gasteiger partial charge in [0.2, 0.25) is 0 Å². The number of alkyl halides is 1. The fraction of sp³-hybridized carbons (Fsp3) is 0.625. The summed E-state index contributed by atoms with van der Waals surface area (Å²) in [4.78, 5) is 10.8. The van der Waals surface area contributed by atoms with Crippen molar-refractivity contribution in [2.45, 2.75) is 19.8 Å². The highest BCUT2D eigenvalue weighted by Crippen LogP contribution is 1.90. The molecule has 0 fully saturated rings. The van der Waals surface area contributed by atoms with Gasteiger partial charge in [0, 0.05) is 10.5 Å². The van der Waals surface area contributed by atoms with E-state index in [2.05, 4.69) is 29.5 Å². The second kappa shape index (κ2) is 8.04. The highest BCUT2D eigenvalue weighted by atomic mass is 127. The predicted octanol–water partition coefficient (Wildman–Crippen LogP) is 2.32. The highest BCUT2D eigenvalue weighted by molar-refractivity contribution is 14.1. The first-order valence-electron chi connectivity index (χ1n) is 3.70. The number of rotatable bonds is 5. The second-order valence-electron chi connectivity index (χ2n) is 2.08. The summed E-state index contributed by atoms with van der Waals surface area (Å²) in [7, 11) is 0. The van der Waals surface area contributed by atoms with E-state index >= 15 is 0 Å². The molecule has 0 atom stereocenters. The molecule has 3 heteroatoms. The molecule has 0 aromatic heterocycles. The lowest BCUT2D eigenvalue weighted by atomic mass is 10.4. The molecule has 0 rings (SSSR count). The standard InChI is InChI=1S/C8H13IO2/c1-2-3-7-11-8(10)5-4-6-9/h4-5H,2-3,6-7H2,1H3/b5-4+. The molecule has 0 aliphatic rings. The number of hydrogen-bond donors (Lipinski definition) is 0. The molecule has 0 aromatic carbocycles. The molecule has 0 spiro atoms. The smallest absolute Gasteiger partial charge is 0.330 e. The SMILES string of the molecule is CCCCOC(=O)/C=C/CI. The van der Waals surface area contributed by atoms with Crippen LogP contribution < -0.4 is 0 Å². The summed E-state index contributed by atoms with van der Waals surface area (Å²) < 4.78 is 5.70. The number of carbonyl (C=O) groups excluding carboxylic acids is 1. The molecule has 0 saturated carbocycles. The van der Waals surface area contributed by atoms with Crippen LogP contribution in [0.15, 0.2) is 12.2 Å². The Bertz CT molecular complexity index is 132. The molecule has 0 heterocycles. The van der Waals surface area contributed by atoms with Crippen LogP contribution >= 0.6 is 22.6 Å². The fourth-order valence-corrected chi connectivity index (χ4v) is 0.760. The van der Waals surface area contributed by atoms with Crippen molar-refractivity contribution >= 4 is 28.6 Å². The van der Waals surface area contributed by atoms with Crippen molar-refractivity contribution < 1.29 is 9.53 Å². The molecule has 64 valence electrons. The fourth-order valence-electron chi connectivity index (χ4n) is 0.506. The molecule has 0 N–H and O–H groups in total. The zero-order chi connectivity index (χ0) is 8.53. The van der Waals surface area contributed by atoms with Gasteiger partial charge in [0.25, 0.3) is 0 Å². The Morgan fingerprint density at radius 1 is 1.64 bits per heavy atom. The van der Waals surface area contributed by atoms with Crippen LogP contribution in [0, 0.1) is 0 Å². The number of esters is 1. The quantitative estimate of drug-likeness (QED) is 0.251. The second-order valence-corrected chi connectivity index (χ2v) is 2.96. The molecule has 0 aliphatic carbocycles. The monoisotopic (exact) mass is 268 g/mol. The molecule has 0 aromatic rings. The largest absolute Gasteiger partial charge is 0.463 e. The van der Waals surface area contributed by atoms with Gasteiger partial charge in [0.1, 0.15) is 0 Å². The van der Waals surface area contributed by atoms with E-state index in [4.69, 9.17) is 4.74 Å². The maximum Gasteiger partial charge on any atom is 0.330 e. The van der Waals surface area contributed by atoms with E-state index in [1.54, 1.807) is 6.08 Å². The molecule has 11 heavy (non-hydrogen) atoms. The van der Waals surface area contributed by atoms with E-state index in [0.717, 1.165) is 17.3 Å². The summed E-state index contributed by atoms with van der Waals surface area (Å²) in [6, 6.07) is 0. The van der Waals surface area contributed by atoms with Crippen LogP contribution in [0.3, 0.4) is 0 Å². The lowest BCUT2D eigenvalue weighted by Gasteiger charge is -1.97. The van der Waals surface area contributed by atoms with Gasteiger partial charge in [-0.25, -0.2) is 4.79 Å². The molecule has 0 amide bonds. The van der Waals surface area contributed by atoms with E-state index in [-0.39, 0.29) is 5.97 Å². The maximum absolute atomic E-state index is 10.8. The van der Waals surface area contributed by atoms with E-state index in [0.29, 0.717) is 6.61 Å². The number of carbonyl (C=O) groups is 1. The molecule has 0 unspecified atom stereocenters. The first-order chi connectivity index (χ1) is 5.31. The Hall–Kier alpha value is -0.0600. The minimum atomic E-state index is -0.227. The third-order valence-electron chi connectivity index (χ3n) is 1.09. The van der Waals surface area contributed by atoms with Gasteiger partial charge in [-0.15, -0.1) is 0 Å². The zero-order valence-corrected chi connectivity index (χ0v) is 8.84. The summed E-state index contributed by atoms with van der Waals surface area (Å²) in [6.07, 6.45) is 5.27. The minimum Gasteiger partial charge on any atom is -0.463 e. The van der Waals surface area contributed by atoms with Crippen molar-refractivity contribution in [3.8, 4) is 0 Å². The van der Waals surface area contributed by atoms with Gasteiger partial charge in [-0.3, -0.25) is 0 Å². The normalized spacial score (nSPS) is 10.4. The topological polar surface area (TPSA) is 26.3 Å². The first-order valence-corrected chi connectivity index (χ1v) is 5.23. The van der Waals surface area contributed by atoms with E-state index < -0.39 is 0 Å². The molecular weight excluding hydrogens is 255 g/mol. The Labute approximate surface area is 81.1 Å². The van der Waals surface area contributed by atoms with Gasteiger partial charge >= 0.3 is 5.97 Å². The van der Waals surface area contributed by atoms with Gasteiger partial charge in [-0.05, 0) is 6.42 Å². The average Bonchev–Trinajstić information content (AvgIpc) is 2.01. The van der Waals surface area contributed by atoms with Crippen LogP contribution in [0.2, 0.25) is 0 Å². The number of allylic oxidation sites excluding steroid dienone is 1. The van der Waals surface area contributed by atoms with E-state index in [1.807, 2.05) is 0 Å². The highest BCUT2D eigenvalue weighted by Gasteiger charge is 1.93. The van der Waals surface area contributed by atoms with Crippen LogP contribution in [0.25, 0.3) is 0 Å². The molecule has 0 radical (unpaired) electrons. The van der Waals surface area contributed by atoms with Crippen molar-refractivity contribution in [2.75, 3.05) is 11.0 Å². The number of hydrogen-bond acceptors (Lipinski definition) is 2. The molecule has 0 aliphatic heterocycles. The van der Waals surface area contributed by atoms with Crippen molar-refractivity contribution in [1.29, 1.82) is 0 Å². The lowest BCUT2D eigenvalue weighted by Crippen LogP contribution is -2.01. The number of halogens is 1. The van der Waals surface area contributed by atoms with Crippen molar-refractivity contribution in [2.24, 2.45) is 0 Å². The van der Waals surface area contributed by atoms with Gasteiger partial charge < -0.3 is 4.74 Å².